The number of fused-ring (bicyclic) bond motifs is 1. The summed E-state index contributed by atoms with van der Waals surface area (Å²) in [4.78, 5) is 3.42. The molecule has 1 aromatic rings. The summed E-state index contributed by atoms with van der Waals surface area (Å²) >= 11 is 4.80. The third kappa shape index (κ3) is 0.892. The number of nitrogens with one attached hydrogen (secondary N) is 1. The van der Waals surface area contributed by atoms with E-state index in [0.717, 1.165) is 24.5 Å². The van der Waals surface area contributed by atoms with Gasteiger partial charge in [-0.3, -0.25) is 0 Å². The zero-order valence-electron chi connectivity index (χ0n) is 5.35. The average molecular weight is 157 g/mol. The van der Waals surface area contributed by atoms with E-state index in [-0.39, 0.29) is 0 Å². The molecule has 0 aromatic carbocycles. The van der Waals surface area contributed by atoms with Crippen molar-refractivity contribution < 1.29 is 9.15 Å². The molecule has 0 fully saturated rings. The molecule has 0 radical (unpaired) electrons. The summed E-state index contributed by atoms with van der Waals surface area (Å²) in [7, 11) is 0. The third-order valence-electron chi connectivity index (χ3n) is 1.53. The maximum Gasteiger partial charge on any atom is 0.266 e. The van der Waals surface area contributed by atoms with Crippen molar-refractivity contribution in [3.63, 3.8) is 0 Å². The average Bonchev–Trinajstić information content (AvgIpc) is 2.27. The lowest BCUT2D eigenvalue weighted by molar-refractivity contribution is 0.0932. The first-order valence-electron chi connectivity index (χ1n) is 3.15. The number of aromatic amines is 1. The van der Waals surface area contributed by atoms with Crippen molar-refractivity contribution in [3.8, 4) is 0 Å². The van der Waals surface area contributed by atoms with Gasteiger partial charge in [0.1, 0.15) is 6.61 Å². The molecule has 1 aromatic heterocycles. The molecule has 0 saturated carbocycles. The summed E-state index contributed by atoms with van der Waals surface area (Å²) in [5.74, 6) is 0.858. The van der Waals surface area contributed by atoms with E-state index in [1.54, 1.807) is 0 Å². The summed E-state index contributed by atoms with van der Waals surface area (Å²) in [6.07, 6.45) is 0.884. The van der Waals surface area contributed by atoms with Gasteiger partial charge in [0.15, 0.2) is 5.76 Å². The van der Waals surface area contributed by atoms with E-state index >= 15 is 0 Å². The SMILES string of the molecule is S=c1[nH]c2c(o1)COCC2. The first-order chi connectivity index (χ1) is 4.86. The van der Waals surface area contributed by atoms with Crippen molar-refractivity contribution in [2.24, 2.45) is 0 Å². The molecule has 0 spiro atoms. The second-order valence-electron chi connectivity index (χ2n) is 2.22. The summed E-state index contributed by atoms with van der Waals surface area (Å²) in [5.41, 5.74) is 1.09. The lowest BCUT2D eigenvalue weighted by Crippen LogP contribution is -2.07. The van der Waals surface area contributed by atoms with Crippen LogP contribution in [0.25, 0.3) is 0 Å². The second kappa shape index (κ2) is 2.21. The number of rotatable bonds is 0. The van der Waals surface area contributed by atoms with Gasteiger partial charge < -0.3 is 14.1 Å². The number of H-pyrrole nitrogens is 1. The predicted molar refractivity (Wildman–Crippen MR) is 37.3 cm³/mol. The molecule has 2 rings (SSSR count). The molecule has 10 heavy (non-hydrogen) atoms. The van der Waals surface area contributed by atoms with E-state index in [1.807, 2.05) is 0 Å². The molecular weight excluding hydrogens is 150 g/mol. The standard InChI is InChI=1S/C6H7NO2S/c10-6-7-4-1-2-8-3-5(4)9-6/h1-3H2,(H,7,10). The molecule has 0 saturated heterocycles. The summed E-state index contributed by atoms with van der Waals surface area (Å²) in [6, 6.07) is 0. The quantitative estimate of drug-likeness (QED) is 0.578. The number of aromatic nitrogens is 1. The Labute approximate surface area is 63.0 Å². The van der Waals surface area contributed by atoms with E-state index in [1.165, 1.54) is 0 Å². The van der Waals surface area contributed by atoms with Crippen LogP contribution in [0.1, 0.15) is 11.5 Å². The molecule has 4 heteroatoms. The van der Waals surface area contributed by atoms with Gasteiger partial charge in [0.25, 0.3) is 4.84 Å². The number of ether oxygens (including phenoxy) is 1. The van der Waals surface area contributed by atoms with Crippen molar-refractivity contribution in [1.29, 1.82) is 0 Å². The van der Waals surface area contributed by atoms with Gasteiger partial charge in [0.05, 0.1) is 12.3 Å². The molecule has 0 unspecified atom stereocenters. The van der Waals surface area contributed by atoms with Crippen LogP contribution in [0, 0.1) is 4.84 Å². The van der Waals surface area contributed by atoms with E-state index in [4.69, 9.17) is 21.4 Å². The molecule has 2 heterocycles. The molecule has 0 atom stereocenters. The highest BCUT2D eigenvalue weighted by Gasteiger charge is 2.12. The maximum absolute atomic E-state index is 5.15. The highest BCUT2D eigenvalue weighted by Crippen LogP contribution is 2.14. The normalized spacial score (nSPS) is 16.8. The Morgan fingerprint density at radius 3 is 3.20 bits per heavy atom. The third-order valence-corrected chi connectivity index (χ3v) is 1.72. The Balaban J connectivity index is 2.50. The molecule has 1 aliphatic rings. The van der Waals surface area contributed by atoms with Crippen molar-refractivity contribution in [1.82, 2.24) is 4.98 Å². The monoisotopic (exact) mass is 157 g/mol. The van der Waals surface area contributed by atoms with Crippen LogP contribution in [-0.2, 0) is 17.8 Å². The Kier molecular flexibility index (Phi) is 1.35. The Hall–Kier alpha value is -0.610. The smallest absolute Gasteiger partial charge is 0.266 e. The van der Waals surface area contributed by atoms with E-state index in [2.05, 4.69) is 4.98 Å². The van der Waals surface area contributed by atoms with E-state index in [0.29, 0.717) is 11.4 Å². The van der Waals surface area contributed by atoms with Crippen LogP contribution in [0.4, 0.5) is 0 Å². The van der Waals surface area contributed by atoms with Gasteiger partial charge >= 0.3 is 0 Å². The fourth-order valence-electron chi connectivity index (χ4n) is 1.05. The van der Waals surface area contributed by atoms with Crippen LogP contribution < -0.4 is 0 Å². The van der Waals surface area contributed by atoms with Gasteiger partial charge in [-0.1, -0.05) is 0 Å². The zero-order chi connectivity index (χ0) is 6.97. The zero-order valence-corrected chi connectivity index (χ0v) is 6.16. The van der Waals surface area contributed by atoms with Gasteiger partial charge in [-0.25, -0.2) is 0 Å². The fraction of sp³-hybridized carbons (Fsp3) is 0.500. The lowest BCUT2D eigenvalue weighted by Gasteiger charge is -2.08. The largest absolute Gasteiger partial charge is 0.432 e. The van der Waals surface area contributed by atoms with E-state index < -0.39 is 0 Å². The molecule has 0 aliphatic carbocycles. The first-order valence-corrected chi connectivity index (χ1v) is 3.56. The molecule has 0 bridgehead atoms. The van der Waals surface area contributed by atoms with Gasteiger partial charge in [-0.15, -0.1) is 0 Å². The topological polar surface area (TPSA) is 38.2 Å². The first kappa shape index (κ1) is 6.12. The van der Waals surface area contributed by atoms with Crippen LogP contribution in [0.3, 0.4) is 0 Å². The van der Waals surface area contributed by atoms with Crippen molar-refractivity contribution in [2.45, 2.75) is 13.0 Å². The van der Waals surface area contributed by atoms with Gasteiger partial charge in [-0.2, -0.15) is 0 Å². The minimum atomic E-state index is 0.454. The highest BCUT2D eigenvalue weighted by molar-refractivity contribution is 7.71. The second-order valence-corrected chi connectivity index (χ2v) is 2.59. The van der Waals surface area contributed by atoms with Crippen molar-refractivity contribution >= 4 is 12.2 Å². The fourth-order valence-corrected chi connectivity index (χ4v) is 1.27. The molecule has 1 aliphatic heterocycles. The van der Waals surface area contributed by atoms with Gasteiger partial charge in [0, 0.05) is 6.42 Å². The lowest BCUT2D eigenvalue weighted by atomic mass is 10.2. The van der Waals surface area contributed by atoms with Crippen LogP contribution in [-0.4, -0.2) is 11.6 Å². The van der Waals surface area contributed by atoms with Crippen LogP contribution in [0.5, 0.6) is 0 Å². The molecule has 0 amide bonds. The minimum absolute atomic E-state index is 0.454. The molecule has 3 nitrogen and oxygen atoms in total. The maximum atomic E-state index is 5.15. The molecular formula is C6H7NO2S. The Morgan fingerprint density at radius 1 is 1.50 bits per heavy atom. The Bertz CT molecular complexity index is 262. The number of oxazole rings is 1. The van der Waals surface area contributed by atoms with Crippen LogP contribution in [0.15, 0.2) is 4.42 Å². The number of hydrogen-bond acceptors (Lipinski definition) is 3. The van der Waals surface area contributed by atoms with E-state index in [9.17, 15) is 0 Å². The van der Waals surface area contributed by atoms with Gasteiger partial charge in [-0.05, 0) is 12.2 Å². The summed E-state index contributed by atoms with van der Waals surface area (Å²) in [5, 5.41) is 0. The summed E-state index contributed by atoms with van der Waals surface area (Å²) < 4.78 is 10.3. The highest BCUT2D eigenvalue weighted by atomic mass is 32.1. The van der Waals surface area contributed by atoms with Crippen molar-refractivity contribution in [3.05, 3.63) is 16.3 Å². The molecule has 1 N–H and O–H groups in total. The minimum Gasteiger partial charge on any atom is -0.432 e. The number of hydrogen-bond donors (Lipinski definition) is 1. The predicted octanol–water partition coefficient (Wildman–Crippen LogP) is 1.41. The van der Waals surface area contributed by atoms with Crippen LogP contribution >= 0.6 is 12.2 Å². The van der Waals surface area contributed by atoms with Crippen molar-refractivity contribution in [2.75, 3.05) is 6.61 Å². The Morgan fingerprint density at radius 2 is 2.40 bits per heavy atom. The molecule has 54 valence electrons. The summed E-state index contributed by atoms with van der Waals surface area (Å²) in [6.45, 7) is 1.32. The van der Waals surface area contributed by atoms with Gasteiger partial charge in [0.2, 0.25) is 0 Å². The van der Waals surface area contributed by atoms with Crippen LogP contribution in [0.2, 0.25) is 0 Å².